The summed E-state index contributed by atoms with van der Waals surface area (Å²) in [6.07, 6.45) is 3.58. The predicted octanol–water partition coefficient (Wildman–Crippen LogP) is 2.17. The van der Waals surface area contributed by atoms with Crippen molar-refractivity contribution >= 4 is 22.9 Å². The Balaban J connectivity index is 2.00. The lowest BCUT2D eigenvalue weighted by molar-refractivity contribution is -0.121. The highest BCUT2D eigenvalue weighted by atomic mass is 32.1. The lowest BCUT2D eigenvalue weighted by Crippen LogP contribution is -2.23. The van der Waals surface area contributed by atoms with E-state index in [1.165, 1.54) is 10.4 Å². The maximum absolute atomic E-state index is 11.3. The Bertz CT molecular complexity index is 560. The van der Waals surface area contributed by atoms with Crippen LogP contribution in [-0.2, 0) is 11.3 Å². The number of likely N-dealkylation sites (N-methyl/N-ethyl adjacent to an activating group) is 1. The van der Waals surface area contributed by atoms with Gasteiger partial charge >= 0.3 is 0 Å². The molecule has 0 aliphatic rings. The summed E-state index contributed by atoms with van der Waals surface area (Å²) in [5, 5.41) is 12.2. The Kier molecular flexibility index (Phi) is 4.21. The predicted molar refractivity (Wildman–Crippen MR) is 77.4 cm³/mol. The summed E-state index contributed by atoms with van der Waals surface area (Å²) in [5.74, 6) is -0.0585. The summed E-state index contributed by atoms with van der Waals surface area (Å²) in [6, 6.07) is 2.35. The molecule has 0 fully saturated rings. The molecule has 1 atom stereocenters. The van der Waals surface area contributed by atoms with E-state index >= 15 is 0 Å². The van der Waals surface area contributed by atoms with Gasteiger partial charge in [-0.15, -0.1) is 11.3 Å². The van der Waals surface area contributed by atoms with E-state index in [1.807, 2.05) is 6.20 Å². The van der Waals surface area contributed by atoms with Crippen molar-refractivity contribution in [2.75, 3.05) is 12.4 Å². The van der Waals surface area contributed by atoms with Crippen molar-refractivity contribution in [3.8, 4) is 0 Å². The first-order valence-electron chi connectivity index (χ1n) is 6.13. The van der Waals surface area contributed by atoms with Gasteiger partial charge < -0.3 is 10.6 Å². The number of nitrogens with zero attached hydrogens (tertiary/aromatic N) is 2. The maximum atomic E-state index is 11.3. The second-order valence-corrected chi connectivity index (χ2v) is 5.38. The van der Waals surface area contributed by atoms with E-state index in [0.717, 1.165) is 5.69 Å². The van der Waals surface area contributed by atoms with Crippen molar-refractivity contribution < 1.29 is 4.79 Å². The van der Waals surface area contributed by atoms with Gasteiger partial charge in [0.2, 0.25) is 5.91 Å². The van der Waals surface area contributed by atoms with Crippen LogP contribution in [0.4, 0.5) is 5.69 Å². The number of carbonyl (C=O) groups is 1. The van der Waals surface area contributed by atoms with Crippen molar-refractivity contribution in [2.24, 2.45) is 0 Å². The fraction of sp³-hybridized carbons (Fsp3) is 0.385. The Morgan fingerprint density at radius 3 is 3.00 bits per heavy atom. The first kappa shape index (κ1) is 13.6. The number of nitrogens with one attached hydrogen (secondary N) is 2. The SMILES string of the molecule is CNC(=O)Cn1cc(NC(C)c2sccc2C)cn1. The molecule has 0 aliphatic carbocycles. The summed E-state index contributed by atoms with van der Waals surface area (Å²) in [7, 11) is 1.62. The zero-order valence-corrected chi connectivity index (χ0v) is 12.1. The molecule has 0 aromatic carbocycles. The first-order valence-corrected chi connectivity index (χ1v) is 7.01. The van der Waals surface area contributed by atoms with Gasteiger partial charge in [-0.25, -0.2) is 0 Å². The molecule has 1 unspecified atom stereocenters. The summed E-state index contributed by atoms with van der Waals surface area (Å²) < 4.78 is 1.62. The highest BCUT2D eigenvalue weighted by molar-refractivity contribution is 7.10. The van der Waals surface area contributed by atoms with Crippen LogP contribution in [0.3, 0.4) is 0 Å². The number of aryl methyl sites for hydroxylation is 1. The molecule has 2 aromatic rings. The van der Waals surface area contributed by atoms with Gasteiger partial charge in [-0.05, 0) is 30.9 Å². The first-order chi connectivity index (χ1) is 9.10. The number of amides is 1. The topological polar surface area (TPSA) is 59.0 Å². The zero-order valence-electron chi connectivity index (χ0n) is 11.3. The van der Waals surface area contributed by atoms with E-state index in [0.29, 0.717) is 0 Å². The standard InChI is InChI=1S/C13H18N4OS/c1-9-4-5-19-13(9)10(2)16-11-6-15-17(7-11)8-12(18)14-3/h4-7,10,16H,8H2,1-3H3,(H,14,18). The molecule has 0 spiro atoms. The maximum Gasteiger partial charge on any atom is 0.241 e. The quantitative estimate of drug-likeness (QED) is 0.881. The Morgan fingerprint density at radius 1 is 1.58 bits per heavy atom. The second-order valence-electron chi connectivity index (χ2n) is 4.43. The molecule has 0 bridgehead atoms. The fourth-order valence-electron chi connectivity index (χ4n) is 1.89. The van der Waals surface area contributed by atoms with Gasteiger partial charge in [0.25, 0.3) is 0 Å². The van der Waals surface area contributed by atoms with Gasteiger partial charge in [0, 0.05) is 18.1 Å². The molecule has 0 aliphatic heterocycles. The lowest BCUT2D eigenvalue weighted by Gasteiger charge is -2.12. The lowest BCUT2D eigenvalue weighted by atomic mass is 10.2. The van der Waals surface area contributed by atoms with Crippen LogP contribution < -0.4 is 10.6 Å². The van der Waals surface area contributed by atoms with Crippen LogP contribution >= 0.6 is 11.3 Å². The normalized spacial score (nSPS) is 12.2. The van der Waals surface area contributed by atoms with Crippen molar-refractivity contribution in [3.63, 3.8) is 0 Å². The Hall–Kier alpha value is -1.82. The molecule has 0 saturated heterocycles. The van der Waals surface area contributed by atoms with Crippen LogP contribution in [0.1, 0.15) is 23.4 Å². The van der Waals surface area contributed by atoms with Gasteiger partial charge in [-0.2, -0.15) is 5.10 Å². The van der Waals surface area contributed by atoms with E-state index in [-0.39, 0.29) is 18.5 Å². The third-order valence-corrected chi connectivity index (χ3v) is 4.10. The highest BCUT2D eigenvalue weighted by Crippen LogP contribution is 2.26. The molecule has 102 valence electrons. The molecule has 2 rings (SSSR count). The van der Waals surface area contributed by atoms with Crippen LogP contribution in [0, 0.1) is 6.92 Å². The van der Waals surface area contributed by atoms with Crippen LogP contribution in [0.15, 0.2) is 23.8 Å². The van der Waals surface area contributed by atoms with E-state index < -0.39 is 0 Å². The summed E-state index contributed by atoms with van der Waals surface area (Å²) in [5.41, 5.74) is 2.21. The second kappa shape index (κ2) is 5.88. The van der Waals surface area contributed by atoms with Crippen molar-refractivity contribution in [1.29, 1.82) is 0 Å². The molecular weight excluding hydrogens is 260 g/mol. The number of hydrogen-bond donors (Lipinski definition) is 2. The number of rotatable bonds is 5. The summed E-state index contributed by atoms with van der Waals surface area (Å²) in [6.45, 7) is 4.47. The van der Waals surface area contributed by atoms with Crippen LogP contribution in [0.25, 0.3) is 0 Å². The van der Waals surface area contributed by atoms with Crippen molar-refractivity contribution in [3.05, 3.63) is 34.3 Å². The third-order valence-electron chi connectivity index (χ3n) is 2.90. The minimum Gasteiger partial charge on any atom is -0.375 e. The number of anilines is 1. The molecule has 2 heterocycles. The van der Waals surface area contributed by atoms with E-state index in [9.17, 15) is 4.79 Å². The minimum absolute atomic E-state index is 0.0585. The zero-order chi connectivity index (χ0) is 13.8. The van der Waals surface area contributed by atoms with Crippen molar-refractivity contribution in [1.82, 2.24) is 15.1 Å². The van der Waals surface area contributed by atoms with Crippen LogP contribution in [-0.4, -0.2) is 22.7 Å². The Morgan fingerprint density at radius 2 is 2.37 bits per heavy atom. The molecule has 6 heteroatoms. The van der Waals surface area contributed by atoms with Gasteiger partial charge in [0.1, 0.15) is 6.54 Å². The fourth-order valence-corrected chi connectivity index (χ4v) is 2.83. The van der Waals surface area contributed by atoms with E-state index in [4.69, 9.17) is 0 Å². The third kappa shape index (κ3) is 3.35. The molecular formula is C13H18N4OS. The smallest absolute Gasteiger partial charge is 0.241 e. The number of aromatic nitrogens is 2. The molecule has 5 nitrogen and oxygen atoms in total. The van der Waals surface area contributed by atoms with Crippen molar-refractivity contribution in [2.45, 2.75) is 26.4 Å². The van der Waals surface area contributed by atoms with Crippen LogP contribution in [0.5, 0.6) is 0 Å². The van der Waals surface area contributed by atoms with Gasteiger partial charge in [-0.1, -0.05) is 0 Å². The highest BCUT2D eigenvalue weighted by Gasteiger charge is 2.11. The number of carbonyl (C=O) groups excluding carboxylic acids is 1. The summed E-state index contributed by atoms with van der Waals surface area (Å²) in [4.78, 5) is 12.6. The van der Waals surface area contributed by atoms with E-state index in [2.05, 4.69) is 41.0 Å². The molecule has 2 aromatic heterocycles. The van der Waals surface area contributed by atoms with Gasteiger partial charge in [0.05, 0.1) is 17.9 Å². The Labute approximate surface area is 116 Å². The van der Waals surface area contributed by atoms with Crippen LogP contribution in [0.2, 0.25) is 0 Å². The molecule has 19 heavy (non-hydrogen) atoms. The molecule has 0 radical (unpaired) electrons. The number of thiophene rings is 1. The molecule has 1 amide bonds. The van der Waals surface area contributed by atoms with Gasteiger partial charge in [0.15, 0.2) is 0 Å². The summed E-state index contributed by atoms with van der Waals surface area (Å²) >= 11 is 1.74. The van der Waals surface area contributed by atoms with E-state index in [1.54, 1.807) is 29.3 Å². The average Bonchev–Trinajstić information content (AvgIpc) is 2.98. The minimum atomic E-state index is -0.0585. The monoisotopic (exact) mass is 278 g/mol. The number of hydrogen-bond acceptors (Lipinski definition) is 4. The van der Waals surface area contributed by atoms with Gasteiger partial charge in [-0.3, -0.25) is 9.48 Å². The largest absolute Gasteiger partial charge is 0.375 e. The molecule has 0 saturated carbocycles. The average molecular weight is 278 g/mol. The molecule has 2 N–H and O–H groups in total.